The number of hydrogen-bond acceptors (Lipinski definition) is 5. The summed E-state index contributed by atoms with van der Waals surface area (Å²) in [4.78, 5) is 43.0. The molecule has 8 N–H and O–H groups in total. The molecule has 0 fully saturated rings. The predicted molar refractivity (Wildman–Crippen MR) is 155 cm³/mol. The van der Waals surface area contributed by atoms with Crippen LogP contribution in [0, 0.1) is 17.8 Å². The van der Waals surface area contributed by atoms with Crippen LogP contribution in [0.4, 0.5) is 5.69 Å². The Morgan fingerprint density at radius 3 is 2.08 bits per heavy atom. The number of nitrogens with zero attached hydrogens (tertiary/aromatic N) is 1. The minimum absolute atomic E-state index is 0. The minimum atomic E-state index is -0.863. The molecular weight excluding hydrogens is 520 g/mol. The quantitative estimate of drug-likeness (QED) is 0.0896. The molecule has 10 nitrogen and oxygen atoms in total. The molecule has 0 spiro atoms. The van der Waals surface area contributed by atoms with Crippen LogP contribution in [-0.2, 0) is 27.2 Å². The highest BCUT2D eigenvalue weighted by Gasteiger charge is 2.35. The standard InChI is InChI=1S/C28H40N6O4.ClH/c1-18(2)16-23(22(26(36)34-38)11-7-10-19-8-5-4-6-9-19)25(35)33-24(27(37)31-3)17-20-12-14-21(15-13-20)32-28(29)30;/h4-6,8-9,12-15,18,22-24,38H,7,10-11,16-17H2,1-3H3,(H,31,37)(H,33,35)(H,34,36)(H4,29,30,32);1H/t22?,23-,24+;/m1./s1. The van der Waals surface area contributed by atoms with E-state index in [1.165, 1.54) is 7.05 Å². The van der Waals surface area contributed by atoms with Crippen molar-refractivity contribution >= 4 is 41.8 Å². The van der Waals surface area contributed by atoms with E-state index >= 15 is 0 Å². The van der Waals surface area contributed by atoms with Crippen molar-refractivity contribution in [2.24, 2.45) is 34.2 Å². The Hall–Kier alpha value is -3.63. The third-order valence-electron chi connectivity index (χ3n) is 6.33. The normalized spacial score (nSPS) is 12.8. The van der Waals surface area contributed by atoms with Crippen LogP contribution in [-0.4, -0.2) is 42.0 Å². The smallest absolute Gasteiger partial charge is 0.247 e. The molecule has 0 bridgehead atoms. The summed E-state index contributed by atoms with van der Waals surface area (Å²) in [6.45, 7) is 3.93. The van der Waals surface area contributed by atoms with Gasteiger partial charge in [-0.05, 0) is 54.9 Å². The van der Waals surface area contributed by atoms with Gasteiger partial charge in [-0.15, -0.1) is 12.4 Å². The van der Waals surface area contributed by atoms with Crippen LogP contribution < -0.4 is 27.6 Å². The Balaban J connectivity index is 0.00000760. The van der Waals surface area contributed by atoms with E-state index in [-0.39, 0.29) is 36.6 Å². The summed E-state index contributed by atoms with van der Waals surface area (Å²) in [6.07, 6.45) is 2.45. The van der Waals surface area contributed by atoms with E-state index in [1.54, 1.807) is 29.7 Å². The summed E-state index contributed by atoms with van der Waals surface area (Å²) in [5.41, 5.74) is 15.1. The molecular formula is C28H41ClN6O4. The number of hydroxylamine groups is 1. The summed E-state index contributed by atoms with van der Waals surface area (Å²) in [7, 11) is 1.50. The molecule has 0 saturated carbocycles. The van der Waals surface area contributed by atoms with Crippen LogP contribution in [0.15, 0.2) is 59.6 Å². The molecule has 0 heterocycles. The van der Waals surface area contributed by atoms with Gasteiger partial charge in [0.05, 0.1) is 11.6 Å². The van der Waals surface area contributed by atoms with Crippen LogP contribution in [0.3, 0.4) is 0 Å². The first-order chi connectivity index (χ1) is 18.1. The molecule has 0 aliphatic rings. The SMILES string of the molecule is CNC(=O)[C@H](Cc1ccc(N=C(N)N)cc1)NC(=O)[C@H](CC(C)C)C(CCCc1ccccc1)C(=O)NO.Cl. The highest BCUT2D eigenvalue weighted by molar-refractivity contribution is 5.91. The number of aryl methyl sites for hydroxylation is 1. The van der Waals surface area contributed by atoms with E-state index in [0.717, 1.165) is 17.5 Å². The number of nitrogens with two attached hydrogens (primary N) is 2. The third-order valence-corrected chi connectivity index (χ3v) is 6.33. The number of guanidine groups is 1. The monoisotopic (exact) mass is 560 g/mol. The van der Waals surface area contributed by atoms with Gasteiger partial charge >= 0.3 is 0 Å². The summed E-state index contributed by atoms with van der Waals surface area (Å²) >= 11 is 0. The van der Waals surface area contributed by atoms with Gasteiger partial charge < -0.3 is 22.1 Å². The highest BCUT2D eigenvalue weighted by atomic mass is 35.5. The van der Waals surface area contributed by atoms with Crippen LogP contribution in [0.5, 0.6) is 0 Å². The fraction of sp³-hybridized carbons (Fsp3) is 0.429. The predicted octanol–water partition coefficient (Wildman–Crippen LogP) is 2.59. The lowest BCUT2D eigenvalue weighted by Crippen LogP contribution is -2.51. The average molecular weight is 561 g/mol. The molecule has 0 aromatic heterocycles. The first-order valence-electron chi connectivity index (χ1n) is 12.8. The van der Waals surface area contributed by atoms with Gasteiger partial charge in [0.25, 0.3) is 0 Å². The molecule has 2 aromatic rings. The zero-order valence-corrected chi connectivity index (χ0v) is 23.5. The first kappa shape index (κ1) is 33.4. The minimum Gasteiger partial charge on any atom is -0.370 e. The summed E-state index contributed by atoms with van der Waals surface area (Å²) < 4.78 is 0. The summed E-state index contributed by atoms with van der Waals surface area (Å²) in [5.74, 6) is -2.81. The lowest BCUT2D eigenvalue weighted by molar-refractivity contribution is -0.142. The third kappa shape index (κ3) is 11.3. The maximum atomic E-state index is 13.6. The number of hydrogen-bond donors (Lipinski definition) is 6. The second-order valence-corrected chi connectivity index (χ2v) is 9.78. The number of carbonyl (C=O) groups excluding carboxylic acids is 3. The molecule has 0 aliphatic carbocycles. The van der Waals surface area contributed by atoms with Gasteiger partial charge in [-0.2, -0.15) is 0 Å². The van der Waals surface area contributed by atoms with Crippen LogP contribution >= 0.6 is 12.4 Å². The molecule has 2 aromatic carbocycles. The van der Waals surface area contributed by atoms with Crippen LogP contribution in [0.1, 0.15) is 44.2 Å². The van der Waals surface area contributed by atoms with Gasteiger partial charge in [-0.1, -0.05) is 56.3 Å². The number of benzene rings is 2. The Bertz CT molecular complexity index is 1080. The molecule has 3 amide bonds. The molecule has 0 radical (unpaired) electrons. The zero-order chi connectivity index (χ0) is 28.1. The fourth-order valence-corrected chi connectivity index (χ4v) is 4.48. The van der Waals surface area contributed by atoms with Gasteiger partial charge in [-0.25, -0.2) is 10.5 Å². The summed E-state index contributed by atoms with van der Waals surface area (Å²) in [5, 5.41) is 14.9. The molecule has 0 aliphatic heterocycles. The van der Waals surface area contributed by atoms with E-state index in [9.17, 15) is 19.6 Å². The fourth-order valence-electron chi connectivity index (χ4n) is 4.48. The molecule has 1 unspecified atom stereocenters. The van der Waals surface area contributed by atoms with E-state index in [4.69, 9.17) is 11.5 Å². The Morgan fingerprint density at radius 1 is 0.897 bits per heavy atom. The number of amides is 3. The maximum absolute atomic E-state index is 13.6. The van der Waals surface area contributed by atoms with Crippen molar-refractivity contribution in [3.05, 3.63) is 65.7 Å². The Kier molecular flexibility index (Phi) is 14.6. The van der Waals surface area contributed by atoms with Crippen molar-refractivity contribution in [1.29, 1.82) is 0 Å². The molecule has 2 rings (SSSR count). The van der Waals surface area contributed by atoms with Gasteiger partial charge in [0, 0.05) is 19.4 Å². The van der Waals surface area contributed by atoms with Crippen molar-refractivity contribution in [2.75, 3.05) is 7.05 Å². The highest BCUT2D eigenvalue weighted by Crippen LogP contribution is 2.27. The zero-order valence-electron chi connectivity index (χ0n) is 22.7. The lowest BCUT2D eigenvalue weighted by Gasteiger charge is -2.28. The van der Waals surface area contributed by atoms with E-state index in [1.807, 2.05) is 44.2 Å². The molecule has 214 valence electrons. The lowest BCUT2D eigenvalue weighted by atomic mass is 9.80. The second-order valence-electron chi connectivity index (χ2n) is 9.78. The average Bonchev–Trinajstić information content (AvgIpc) is 2.90. The number of halogens is 1. The first-order valence-corrected chi connectivity index (χ1v) is 12.8. The van der Waals surface area contributed by atoms with E-state index < -0.39 is 29.7 Å². The van der Waals surface area contributed by atoms with Crippen molar-refractivity contribution < 1.29 is 19.6 Å². The number of nitrogens with one attached hydrogen (secondary N) is 3. The van der Waals surface area contributed by atoms with Crippen molar-refractivity contribution in [2.45, 2.75) is 52.0 Å². The maximum Gasteiger partial charge on any atom is 0.247 e. The number of aliphatic imine (C=N–C) groups is 1. The van der Waals surface area contributed by atoms with Crippen LogP contribution in [0.2, 0.25) is 0 Å². The number of likely N-dealkylation sites (N-methyl/N-ethyl adjacent to an activating group) is 1. The number of carbonyl (C=O) groups is 3. The topological polar surface area (TPSA) is 172 Å². The summed E-state index contributed by atoms with van der Waals surface area (Å²) in [6, 6.07) is 16.0. The van der Waals surface area contributed by atoms with E-state index in [0.29, 0.717) is 24.9 Å². The van der Waals surface area contributed by atoms with Crippen molar-refractivity contribution in [1.82, 2.24) is 16.1 Å². The molecule has 39 heavy (non-hydrogen) atoms. The van der Waals surface area contributed by atoms with Gasteiger partial charge in [0.15, 0.2) is 5.96 Å². The Labute approximate surface area is 236 Å². The van der Waals surface area contributed by atoms with Gasteiger partial charge in [0.1, 0.15) is 6.04 Å². The molecule has 3 atom stereocenters. The van der Waals surface area contributed by atoms with E-state index in [2.05, 4.69) is 15.6 Å². The second kappa shape index (κ2) is 17.1. The largest absolute Gasteiger partial charge is 0.370 e. The van der Waals surface area contributed by atoms with Crippen molar-refractivity contribution in [3.8, 4) is 0 Å². The molecule has 11 heteroatoms. The van der Waals surface area contributed by atoms with Crippen LogP contribution in [0.25, 0.3) is 0 Å². The number of rotatable bonds is 14. The molecule has 0 saturated heterocycles. The van der Waals surface area contributed by atoms with Crippen molar-refractivity contribution in [3.63, 3.8) is 0 Å². The van der Waals surface area contributed by atoms with Gasteiger partial charge in [0.2, 0.25) is 17.7 Å². The van der Waals surface area contributed by atoms with Gasteiger partial charge in [-0.3, -0.25) is 19.6 Å². The Morgan fingerprint density at radius 2 is 1.54 bits per heavy atom.